The number of aliphatic hydroxyl groups is 2. The molecule has 1 saturated heterocycles. The van der Waals surface area contributed by atoms with Crippen molar-refractivity contribution in [2.75, 3.05) is 13.2 Å². The Kier molecular flexibility index (Phi) is 13.7. The number of carboxylic acid groups (broad SMARTS) is 2. The van der Waals surface area contributed by atoms with E-state index in [0.717, 1.165) is 18.1 Å². The summed E-state index contributed by atoms with van der Waals surface area (Å²) in [6.07, 6.45) is -1.27. The number of carbonyl (C=O) groups is 5. The lowest BCUT2D eigenvalue weighted by atomic mass is 9.86. The summed E-state index contributed by atoms with van der Waals surface area (Å²) >= 11 is 0. The van der Waals surface area contributed by atoms with Crippen molar-refractivity contribution in [1.29, 1.82) is 0 Å². The number of nitrogens with one attached hydrogen (secondary N) is 3. The average molecular weight is 708 g/mol. The van der Waals surface area contributed by atoms with Crippen LogP contribution in [0.1, 0.15) is 59.9 Å². The van der Waals surface area contributed by atoms with E-state index in [1.54, 1.807) is 24.3 Å². The van der Waals surface area contributed by atoms with Gasteiger partial charge in [-0.05, 0) is 36.1 Å². The number of aliphatic hydroxyl groups excluding tert-OH is 2. The molecule has 0 spiro atoms. The number of unbranched alkanes of at least 4 members (excludes halogenated alkanes) is 2. The van der Waals surface area contributed by atoms with Gasteiger partial charge in [-0.1, -0.05) is 48.9 Å². The molecule has 7 N–H and O–H groups in total. The van der Waals surface area contributed by atoms with Gasteiger partial charge in [-0.2, -0.15) is 0 Å². The average Bonchev–Trinajstić information content (AvgIpc) is 3.12. The van der Waals surface area contributed by atoms with Gasteiger partial charge in [-0.25, -0.2) is 9.78 Å². The molecule has 2 heterocycles. The number of amides is 3. The highest BCUT2D eigenvalue weighted by Crippen LogP contribution is 2.34. The normalized spacial score (nSPS) is 21.1. The van der Waals surface area contributed by atoms with Crippen LogP contribution >= 0.6 is 0 Å². The number of ether oxygens (including phenoxy) is 2. The Balaban J connectivity index is 1.54. The maximum Gasteiger partial charge on any atom is 0.364 e. The molecule has 1 aliphatic heterocycles. The number of benzene rings is 2. The Hall–Kier alpha value is -5.29. The van der Waals surface area contributed by atoms with Gasteiger partial charge in [0.2, 0.25) is 5.91 Å². The van der Waals surface area contributed by atoms with Crippen LogP contribution in [0.25, 0.3) is 11.1 Å². The van der Waals surface area contributed by atoms with Gasteiger partial charge in [0.05, 0.1) is 31.0 Å². The van der Waals surface area contributed by atoms with Crippen LogP contribution in [0.4, 0.5) is 0 Å². The second kappa shape index (κ2) is 18.1. The molecule has 0 aliphatic carbocycles. The molecule has 4 rings (SSSR count). The number of aliphatic carboxylic acids is 2. The van der Waals surface area contributed by atoms with Crippen LogP contribution in [0, 0.1) is 0 Å². The SMILES string of the molecule is CC(=O)N[C@H]1[C@H]([C@H](O)[C@H](O)CNC(=O)c2ccc(-c3ccccc3)cc2)O[C@@](OCCCCCC(=O)O)(C(=O)O)C[C@@H]1NC(=O)c1cnccn1. The Labute approximate surface area is 293 Å². The fourth-order valence-electron chi connectivity index (χ4n) is 5.65. The van der Waals surface area contributed by atoms with Crippen molar-refractivity contribution in [3.63, 3.8) is 0 Å². The molecular weight excluding hydrogens is 666 g/mol. The van der Waals surface area contributed by atoms with Gasteiger partial charge in [0.1, 0.15) is 17.9 Å². The molecule has 16 nitrogen and oxygen atoms in total. The Morgan fingerprint density at radius 1 is 0.922 bits per heavy atom. The Morgan fingerprint density at radius 2 is 1.63 bits per heavy atom. The third-order valence-electron chi connectivity index (χ3n) is 8.24. The summed E-state index contributed by atoms with van der Waals surface area (Å²) in [5.41, 5.74) is 1.98. The van der Waals surface area contributed by atoms with Crippen molar-refractivity contribution in [3.05, 3.63) is 84.4 Å². The first-order valence-electron chi connectivity index (χ1n) is 16.3. The lowest BCUT2D eigenvalue weighted by Gasteiger charge is -2.48. The second-order valence-electron chi connectivity index (χ2n) is 12.0. The monoisotopic (exact) mass is 707 g/mol. The number of aromatic nitrogens is 2. The number of hydrogen-bond acceptors (Lipinski definition) is 11. The lowest BCUT2D eigenvalue weighted by Crippen LogP contribution is -2.71. The first-order valence-corrected chi connectivity index (χ1v) is 16.3. The van der Waals surface area contributed by atoms with Crippen LogP contribution in [-0.2, 0) is 23.9 Å². The van der Waals surface area contributed by atoms with Crippen LogP contribution in [0.5, 0.6) is 0 Å². The number of carboxylic acids is 2. The van der Waals surface area contributed by atoms with Crippen LogP contribution in [0.3, 0.4) is 0 Å². The van der Waals surface area contributed by atoms with Gasteiger partial charge < -0.3 is 45.9 Å². The summed E-state index contributed by atoms with van der Waals surface area (Å²) in [6.45, 7) is 0.456. The van der Waals surface area contributed by atoms with Gasteiger partial charge in [0, 0.05) is 44.3 Å². The maximum atomic E-state index is 13.2. The van der Waals surface area contributed by atoms with Crippen molar-refractivity contribution in [1.82, 2.24) is 25.9 Å². The second-order valence-corrected chi connectivity index (χ2v) is 12.0. The summed E-state index contributed by atoms with van der Waals surface area (Å²) in [6, 6.07) is 13.7. The van der Waals surface area contributed by atoms with Crippen LogP contribution in [0.15, 0.2) is 73.2 Å². The molecule has 0 bridgehead atoms. The molecule has 1 fully saturated rings. The van der Waals surface area contributed by atoms with Crippen molar-refractivity contribution >= 4 is 29.7 Å². The minimum absolute atomic E-state index is 0.0862. The smallest absolute Gasteiger partial charge is 0.364 e. The Morgan fingerprint density at radius 3 is 2.25 bits per heavy atom. The van der Waals surface area contributed by atoms with E-state index in [1.165, 1.54) is 18.6 Å². The van der Waals surface area contributed by atoms with Crippen molar-refractivity contribution in [2.24, 2.45) is 0 Å². The molecule has 3 amide bonds. The minimum atomic E-state index is -2.49. The van der Waals surface area contributed by atoms with E-state index in [2.05, 4.69) is 25.9 Å². The topological polar surface area (TPSA) is 247 Å². The highest BCUT2D eigenvalue weighted by Gasteiger charge is 2.56. The van der Waals surface area contributed by atoms with Crippen LogP contribution in [0.2, 0.25) is 0 Å². The molecular formula is C35H41N5O11. The number of nitrogens with zero attached hydrogens (tertiary/aromatic N) is 2. The zero-order chi connectivity index (χ0) is 37.0. The number of hydrogen-bond donors (Lipinski definition) is 7. The molecule has 0 saturated carbocycles. The molecule has 0 unspecified atom stereocenters. The molecule has 1 aromatic heterocycles. The van der Waals surface area contributed by atoms with E-state index in [0.29, 0.717) is 12.8 Å². The quantitative estimate of drug-likeness (QED) is 0.0974. The van der Waals surface area contributed by atoms with Crippen molar-refractivity contribution in [2.45, 2.75) is 75.2 Å². The fraction of sp³-hybridized carbons (Fsp3) is 0.400. The van der Waals surface area contributed by atoms with E-state index in [9.17, 15) is 39.3 Å². The number of carbonyl (C=O) groups excluding carboxylic acids is 3. The first-order chi connectivity index (χ1) is 24.4. The third-order valence-corrected chi connectivity index (χ3v) is 8.24. The molecule has 1 aliphatic rings. The summed E-state index contributed by atoms with van der Waals surface area (Å²) in [5.74, 6) is -7.05. The fourth-order valence-corrected chi connectivity index (χ4v) is 5.65. The summed E-state index contributed by atoms with van der Waals surface area (Å²) < 4.78 is 11.7. The van der Waals surface area contributed by atoms with Gasteiger partial charge in [-0.3, -0.25) is 24.2 Å². The third kappa shape index (κ3) is 10.6. The van der Waals surface area contributed by atoms with Gasteiger partial charge >= 0.3 is 11.9 Å². The zero-order valence-electron chi connectivity index (χ0n) is 27.8. The minimum Gasteiger partial charge on any atom is -0.481 e. The van der Waals surface area contributed by atoms with E-state index in [4.69, 9.17) is 14.6 Å². The van der Waals surface area contributed by atoms with Gasteiger partial charge in [0.25, 0.3) is 17.6 Å². The van der Waals surface area contributed by atoms with E-state index in [-0.39, 0.29) is 30.7 Å². The molecule has 6 atom stereocenters. The molecule has 16 heteroatoms. The molecule has 3 aromatic rings. The number of rotatable bonds is 17. The summed E-state index contributed by atoms with van der Waals surface area (Å²) in [4.78, 5) is 69.9. The molecule has 272 valence electrons. The van der Waals surface area contributed by atoms with Crippen LogP contribution in [-0.4, -0.2) is 109 Å². The van der Waals surface area contributed by atoms with Crippen molar-refractivity contribution < 1.29 is 53.9 Å². The van der Waals surface area contributed by atoms with E-state index < -0.39 is 78.8 Å². The molecule has 2 aromatic carbocycles. The van der Waals surface area contributed by atoms with Gasteiger partial charge in [0.15, 0.2) is 0 Å². The highest BCUT2D eigenvalue weighted by atomic mass is 16.7. The predicted octanol–water partition coefficient (Wildman–Crippen LogP) is 1.13. The van der Waals surface area contributed by atoms with Crippen LogP contribution < -0.4 is 16.0 Å². The van der Waals surface area contributed by atoms with Gasteiger partial charge in [-0.15, -0.1) is 0 Å². The predicted molar refractivity (Wildman–Crippen MR) is 179 cm³/mol. The lowest BCUT2D eigenvalue weighted by molar-refractivity contribution is -0.300. The van der Waals surface area contributed by atoms with Crippen molar-refractivity contribution in [3.8, 4) is 11.1 Å². The zero-order valence-corrected chi connectivity index (χ0v) is 27.8. The Bertz CT molecular complexity index is 1640. The van der Waals surface area contributed by atoms with E-state index in [1.807, 2.05) is 30.3 Å². The maximum absolute atomic E-state index is 13.2. The first kappa shape index (κ1) is 38.5. The highest BCUT2D eigenvalue weighted by molar-refractivity contribution is 5.94. The van der Waals surface area contributed by atoms with E-state index >= 15 is 0 Å². The molecule has 0 radical (unpaired) electrons. The standard InChI is InChI=1S/C35H41N5O11/c1-21(41)39-29-25(40-33(47)26-19-36-15-16-37-26)18-35(34(48)49,50-17-7-3-6-10-28(43)44)51-31(29)30(45)27(42)20-38-32(46)24-13-11-23(12-14-24)22-8-4-2-5-9-22/h2,4-5,8-9,11-16,19,25,27,29-31,42,45H,3,6-7,10,17-18,20H2,1H3,(H,38,46)(H,39,41)(H,40,47)(H,43,44)(H,48,49)/t25-,27+,29+,30+,31+,35+/m0/s1. The summed E-state index contributed by atoms with van der Waals surface area (Å²) in [5, 5.41) is 49.5. The summed E-state index contributed by atoms with van der Waals surface area (Å²) in [7, 11) is 0. The largest absolute Gasteiger partial charge is 0.481 e. The molecule has 51 heavy (non-hydrogen) atoms.